The van der Waals surface area contributed by atoms with E-state index in [1.807, 2.05) is 25.3 Å². The number of fused-ring (bicyclic) bond motifs is 1. The summed E-state index contributed by atoms with van der Waals surface area (Å²) in [5.41, 5.74) is 3.29. The number of ether oxygens (including phenoxy) is 1. The maximum atomic E-state index is 13.6. The van der Waals surface area contributed by atoms with Gasteiger partial charge in [-0.25, -0.2) is 19.3 Å². The zero-order valence-electron chi connectivity index (χ0n) is 20.6. The molecule has 1 aliphatic heterocycles. The maximum Gasteiger partial charge on any atom is 0.227 e. The highest BCUT2D eigenvalue weighted by atomic mass is 19.1. The zero-order valence-corrected chi connectivity index (χ0v) is 20.6. The second kappa shape index (κ2) is 9.26. The molecule has 0 bridgehead atoms. The smallest absolute Gasteiger partial charge is 0.227 e. The quantitative estimate of drug-likeness (QED) is 0.378. The minimum atomic E-state index is -0.317. The number of H-pyrrole nitrogens is 1. The van der Waals surface area contributed by atoms with Gasteiger partial charge in [0.25, 0.3) is 0 Å². The lowest BCUT2D eigenvalue weighted by molar-refractivity contribution is 0.0494. The fraction of sp³-hybridized carbons (Fsp3) is 0.370. The van der Waals surface area contributed by atoms with Crippen LogP contribution in [0.1, 0.15) is 39.3 Å². The molecule has 1 fully saturated rings. The van der Waals surface area contributed by atoms with Gasteiger partial charge in [0, 0.05) is 48.2 Å². The van der Waals surface area contributed by atoms with Crippen molar-refractivity contribution in [3.05, 3.63) is 60.3 Å². The molecule has 7 nitrogen and oxygen atoms in total. The van der Waals surface area contributed by atoms with Crippen LogP contribution < -0.4 is 10.1 Å². The van der Waals surface area contributed by atoms with Crippen molar-refractivity contribution in [1.82, 2.24) is 24.8 Å². The average Bonchev–Trinajstić information content (AvgIpc) is 3.24. The van der Waals surface area contributed by atoms with E-state index in [4.69, 9.17) is 4.74 Å². The minimum Gasteiger partial charge on any atom is -0.489 e. The molecule has 8 heteroatoms. The molecule has 2 N–H and O–H groups in total. The number of hydrogen-bond acceptors (Lipinski definition) is 6. The summed E-state index contributed by atoms with van der Waals surface area (Å²) in [6.45, 7) is 10.7. The van der Waals surface area contributed by atoms with Crippen molar-refractivity contribution in [1.29, 1.82) is 0 Å². The van der Waals surface area contributed by atoms with Crippen LogP contribution in [0.25, 0.3) is 22.3 Å². The van der Waals surface area contributed by atoms with Crippen LogP contribution in [0, 0.1) is 12.7 Å². The molecule has 35 heavy (non-hydrogen) atoms. The summed E-state index contributed by atoms with van der Waals surface area (Å²) in [5.74, 6) is 1.58. The molecule has 1 aliphatic rings. The number of imidazole rings is 1. The monoisotopic (exact) mass is 474 g/mol. The van der Waals surface area contributed by atoms with Gasteiger partial charge in [-0.3, -0.25) is 4.90 Å². The summed E-state index contributed by atoms with van der Waals surface area (Å²) in [5, 5.41) is 3.95. The number of aromatic amines is 1. The van der Waals surface area contributed by atoms with Crippen LogP contribution in [0.3, 0.4) is 0 Å². The fourth-order valence-electron chi connectivity index (χ4n) is 4.47. The third-order valence-corrected chi connectivity index (χ3v) is 6.41. The highest BCUT2D eigenvalue weighted by Gasteiger charge is 2.28. The normalized spacial score (nSPS) is 15.5. The number of piperidine rings is 1. The lowest BCUT2D eigenvalue weighted by Gasteiger charge is -2.40. The first kappa shape index (κ1) is 23.2. The number of anilines is 2. The predicted molar refractivity (Wildman–Crippen MR) is 137 cm³/mol. The summed E-state index contributed by atoms with van der Waals surface area (Å²) < 4.78 is 20.2. The third-order valence-electron chi connectivity index (χ3n) is 6.41. The SMILES string of the molecule is Cc1c[nH]c(-c2cc3cnc(Nc4cccc(F)c4)nc3cc2OC2CCN(C(C)(C)C)CC2)n1. The first-order valence-electron chi connectivity index (χ1n) is 12.0. The molecule has 1 saturated heterocycles. The first-order valence-corrected chi connectivity index (χ1v) is 12.0. The standard InChI is InChI=1S/C27H31FN6O/c1-17-15-29-25(31-17)22-12-18-16-30-26(32-20-7-5-6-19(28)13-20)33-23(18)14-24(22)35-21-8-10-34(11-9-21)27(2,3)4/h5-7,12-16,21H,8-11H2,1-4H3,(H,29,31)(H,30,32,33). The van der Waals surface area contributed by atoms with E-state index in [9.17, 15) is 4.39 Å². The first-order chi connectivity index (χ1) is 16.7. The van der Waals surface area contributed by atoms with Crippen LogP contribution >= 0.6 is 0 Å². The van der Waals surface area contributed by atoms with Gasteiger partial charge >= 0.3 is 0 Å². The highest BCUT2D eigenvalue weighted by Crippen LogP contribution is 2.35. The summed E-state index contributed by atoms with van der Waals surface area (Å²) in [7, 11) is 0. The van der Waals surface area contributed by atoms with Crippen molar-refractivity contribution in [3.63, 3.8) is 0 Å². The van der Waals surface area contributed by atoms with Gasteiger partial charge in [0.1, 0.15) is 23.5 Å². The van der Waals surface area contributed by atoms with Crippen molar-refractivity contribution < 1.29 is 9.13 Å². The van der Waals surface area contributed by atoms with Gasteiger partial charge in [-0.15, -0.1) is 0 Å². The van der Waals surface area contributed by atoms with Crippen molar-refractivity contribution in [3.8, 4) is 17.1 Å². The Morgan fingerprint density at radius 1 is 1.11 bits per heavy atom. The van der Waals surface area contributed by atoms with Gasteiger partial charge in [-0.2, -0.15) is 0 Å². The molecule has 3 heterocycles. The van der Waals surface area contributed by atoms with E-state index in [-0.39, 0.29) is 17.5 Å². The van der Waals surface area contributed by atoms with Gasteiger partial charge in [0.2, 0.25) is 5.95 Å². The molecule has 4 aromatic rings. The molecule has 0 atom stereocenters. The number of rotatable bonds is 5. The van der Waals surface area contributed by atoms with E-state index in [1.54, 1.807) is 18.3 Å². The molecule has 0 unspecified atom stereocenters. The largest absolute Gasteiger partial charge is 0.489 e. The fourth-order valence-corrected chi connectivity index (χ4v) is 4.47. The number of hydrogen-bond donors (Lipinski definition) is 2. The van der Waals surface area contributed by atoms with Crippen LogP contribution in [0.5, 0.6) is 5.75 Å². The molecule has 5 rings (SSSR count). The Morgan fingerprint density at radius 3 is 2.60 bits per heavy atom. The Balaban J connectivity index is 1.46. The maximum absolute atomic E-state index is 13.6. The summed E-state index contributed by atoms with van der Waals surface area (Å²) in [4.78, 5) is 19.5. The summed E-state index contributed by atoms with van der Waals surface area (Å²) in [6, 6.07) is 10.2. The Labute approximate surface area is 204 Å². The van der Waals surface area contributed by atoms with Gasteiger partial charge in [0.05, 0.1) is 16.8 Å². The average molecular weight is 475 g/mol. The van der Waals surface area contributed by atoms with Crippen molar-refractivity contribution in [2.24, 2.45) is 0 Å². The lowest BCUT2D eigenvalue weighted by Crippen LogP contribution is -2.48. The van der Waals surface area contributed by atoms with Crippen LogP contribution in [-0.2, 0) is 0 Å². The molecule has 2 aromatic heterocycles. The Bertz CT molecular complexity index is 1340. The van der Waals surface area contributed by atoms with E-state index in [2.05, 4.69) is 50.9 Å². The molecule has 0 amide bonds. The predicted octanol–water partition coefficient (Wildman–Crippen LogP) is 5.85. The van der Waals surface area contributed by atoms with Crippen molar-refractivity contribution in [2.75, 3.05) is 18.4 Å². The second-order valence-electron chi connectivity index (χ2n) is 10.1. The van der Waals surface area contributed by atoms with Crippen molar-refractivity contribution >= 4 is 22.5 Å². The Hall–Kier alpha value is -3.52. The molecular formula is C27H31FN6O. The number of aryl methyl sites for hydroxylation is 1. The number of halogens is 1. The number of nitrogens with zero attached hydrogens (tertiary/aromatic N) is 4. The molecule has 2 aromatic carbocycles. The number of likely N-dealkylation sites (tertiary alicyclic amines) is 1. The Kier molecular flexibility index (Phi) is 6.15. The molecule has 182 valence electrons. The zero-order chi connectivity index (χ0) is 24.6. The molecular weight excluding hydrogens is 443 g/mol. The van der Waals surface area contributed by atoms with Crippen LogP contribution in [0.15, 0.2) is 48.8 Å². The van der Waals surface area contributed by atoms with E-state index < -0.39 is 0 Å². The molecule has 0 aliphatic carbocycles. The van der Waals surface area contributed by atoms with Crippen LogP contribution in [0.4, 0.5) is 16.0 Å². The highest BCUT2D eigenvalue weighted by molar-refractivity contribution is 5.87. The van der Waals surface area contributed by atoms with Crippen molar-refractivity contribution in [2.45, 2.75) is 52.2 Å². The second-order valence-corrected chi connectivity index (χ2v) is 10.1. The van der Waals surface area contributed by atoms with E-state index in [0.717, 1.165) is 59.7 Å². The van der Waals surface area contributed by atoms with E-state index >= 15 is 0 Å². The topological polar surface area (TPSA) is 79.0 Å². The Morgan fingerprint density at radius 2 is 1.91 bits per heavy atom. The number of nitrogens with one attached hydrogen (secondary N) is 2. The summed E-state index contributed by atoms with van der Waals surface area (Å²) >= 11 is 0. The number of benzene rings is 2. The van der Waals surface area contributed by atoms with Gasteiger partial charge in [0.15, 0.2) is 0 Å². The van der Waals surface area contributed by atoms with Crippen LogP contribution in [0.2, 0.25) is 0 Å². The van der Waals surface area contributed by atoms with Gasteiger partial charge in [-0.05, 0) is 64.8 Å². The molecule has 0 spiro atoms. The number of aromatic nitrogens is 4. The third kappa shape index (κ3) is 5.27. The van der Waals surface area contributed by atoms with Crippen LogP contribution in [-0.4, -0.2) is 49.6 Å². The lowest BCUT2D eigenvalue weighted by atomic mass is 9.99. The minimum absolute atomic E-state index is 0.118. The van der Waals surface area contributed by atoms with Gasteiger partial charge < -0.3 is 15.0 Å². The molecule has 0 saturated carbocycles. The van der Waals surface area contributed by atoms with E-state index in [0.29, 0.717) is 11.6 Å². The molecule has 0 radical (unpaired) electrons. The van der Waals surface area contributed by atoms with Gasteiger partial charge in [-0.1, -0.05) is 6.07 Å². The van der Waals surface area contributed by atoms with E-state index in [1.165, 1.54) is 12.1 Å². The summed E-state index contributed by atoms with van der Waals surface area (Å²) in [6.07, 6.45) is 5.68.